The first kappa shape index (κ1) is 10.9. The van der Waals surface area contributed by atoms with E-state index in [4.69, 9.17) is 20.7 Å². The van der Waals surface area contributed by atoms with Gasteiger partial charge in [-0.3, -0.25) is 0 Å². The Kier molecular flexibility index (Phi) is 4.28. The minimum atomic E-state index is -1.67. The number of rotatable bonds is 3. The molecule has 0 fully saturated rings. The lowest BCUT2D eigenvalue weighted by molar-refractivity contribution is -0.0835. The number of nitriles is 2. The van der Waals surface area contributed by atoms with Gasteiger partial charge in [-0.2, -0.15) is 10.5 Å². The molecule has 0 heterocycles. The van der Waals surface area contributed by atoms with Gasteiger partial charge in [0.15, 0.2) is 6.29 Å². The Morgan fingerprint density at radius 3 is 1.83 bits per heavy atom. The summed E-state index contributed by atoms with van der Waals surface area (Å²) in [5.74, 6) is -1.57. The molecule has 12 heavy (non-hydrogen) atoms. The zero-order valence-electron chi connectivity index (χ0n) is 7.10. The van der Waals surface area contributed by atoms with Crippen LogP contribution in [0, 0.1) is 40.4 Å². The summed E-state index contributed by atoms with van der Waals surface area (Å²) < 4.78 is 0. The van der Waals surface area contributed by atoms with Gasteiger partial charge < -0.3 is 10.2 Å². The van der Waals surface area contributed by atoms with E-state index in [0.717, 1.165) is 0 Å². The Morgan fingerprint density at radius 2 is 1.58 bits per heavy atom. The van der Waals surface area contributed by atoms with Gasteiger partial charge in [0.25, 0.3) is 0 Å². The molecule has 0 aromatic heterocycles. The molecule has 0 saturated carbocycles. The molecule has 0 amide bonds. The Labute approximate surface area is 71.7 Å². The molecule has 0 aliphatic carbocycles. The van der Waals surface area contributed by atoms with Gasteiger partial charge >= 0.3 is 0 Å². The highest BCUT2D eigenvalue weighted by molar-refractivity contribution is 4.95. The van der Waals surface area contributed by atoms with Gasteiger partial charge in [0, 0.05) is 5.92 Å². The molecule has 0 aromatic carbocycles. The summed E-state index contributed by atoms with van der Waals surface area (Å²) in [5, 5.41) is 34.5. The minimum Gasteiger partial charge on any atom is -0.367 e. The molecule has 0 spiro atoms. The Morgan fingerprint density at radius 1 is 1.08 bits per heavy atom. The lowest BCUT2D eigenvalue weighted by Crippen LogP contribution is -2.28. The molecule has 2 N–H and O–H groups in total. The van der Waals surface area contributed by atoms with Crippen LogP contribution in [0.2, 0.25) is 0 Å². The van der Waals surface area contributed by atoms with Crippen molar-refractivity contribution < 1.29 is 10.2 Å². The van der Waals surface area contributed by atoms with Gasteiger partial charge in [-0.25, -0.2) is 0 Å². The van der Waals surface area contributed by atoms with Crippen molar-refractivity contribution in [1.82, 2.24) is 0 Å². The molecule has 0 aliphatic rings. The van der Waals surface area contributed by atoms with Crippen LogP contribution in [0.5, 0.6) is 0 Å². The molecule has 0 radical (unpaired) electrons. The number of nitrogens with zero attached hydrogens (tertiary/aromatic N) is 2. The Balaban J connectivity index is 4.36. The fourth-order valence-electron chi connectivity index (χ4n) is 0.884. The van der Waals surface area contributed by atoms with E-state index in [2.05, 4.69) is 0 Å². The van der Waals surface area contributed by atoms with Crippen molar-refractivity contribution in [3.8, 4) is 12.1 Å². The van der Waals surface area contributed by atoms with Gasteiger partial charge in [-0.1, -0.05) is 6.92 Å². The summed E-state index contributed by atoms with van der Waals surface area (Å²) >= 11 is 0. The standard InChI is InChI=1S/C8H12N2O2/c1-5(3-9)6(2)7(4-10)8(11)12/h5-8,11-12H,1-2H3. The van der Waals surface area contributed by atoms with Crippen molar-refractivity contribution in [2.45, 2.75) is 20.1 Å². The number of hydrogen-bond donors (Lipinski definition) is 2. The molecule has 0 saturated heterocycles. The van der Waals surface area contributed by atoms with Crippen LogP contribution in [-0.2, 0) is 0 Å². The maximum atomic E-state index is 8.75. The van der Waals surface area contributed by atoms with Crippen molar-refractivity contribution in [3.63, 3.8) is 0 Å². The first-order valence-corrected chi connectivity index (χ1v) is 3.70. The summed E-state index contributed by atoms with van der Waals surface area (Å²) in [7, 11) is 0. The van der Waals surface area contributed by atoms with E-state index in [9.17, 15) is 0 Å². The van der Waals surface area contributed by atoms with Crippen LogP contribution >= 0.6 is 0 Å². The summed E-state index contributed by atoms with van der Waals surface area (Å²) in [6.45, 7) is 3.30. The summed E-state index contributed by atoms with van der Waals surface area (Å²) in [4.78, 5) is 0. The SMILES string of the molecule is CC(C#N)C(C)C(C#N)C(O)O. The molecule has 66 valence electrons. The van der Waals surface area contributed by atoms with Crippen molar-refractivity contribution in [2.24, 2.45) is 17.8 Å². The van der Waals surface area contributed by atoms with E-state index >= 15 is 0 Å². The zero-order chi connectivity index (χ0) is 9.72. The predicted octanol–water partition coefficient (Wildman–Crippen LogP) is 0.233. The molecule has 0 bridgehead atoms. The number of aliphatic hydroxyl groups excluding tert-OH is 1. The van der Waals surface area contributed by atoms with Crippen molar-refractivity contribution in [1.29, 1.82) is 10.5 Å². The highest BCUT2D eigenvalue weighted by atomic mass is 16.5. The van der Waals surface area contributed by atoms with Crippen LogP contribution < -0.4 is 0 Å². The predicted molar refractivity (Wildman–Crippen MR) is 41.3 cm³/mol. The molecule has 3 atom stereocenters. The Hall–Kier alpha value is -1.10. The molecule has 0 rings (SSSR count). The quantitative estimate of drug-likeness (QED) is 0.590. The molecule has 4 heteroatoms. The van der Waals surface area contributed by atoms with E-state index in [-0.39, 0.29) is 11.8 Å². The minimum absolute atomic E-state index is 0.333. The molecule has 3 unspecified atom stereocenters. The third-order valence-electron chi connectivity index (χ3n) is 2.03. The fourth-order valence-corrected chi connectivity index (χ4v) is 0.884. The third kappa shape index (κ3) is 2.50. The van der Waals surface area contributed by atoms with Crippen molar-refractivity contribution in [2.75, 3.05) is 0 Å². The van der Waals surface area contributed by atoms with E-state index in [1.54, 1.807) is 19.9 Å². The number of aliphatic hydroxyl groups is 2. The third-order valence-corrected chi connectivity index (χ3v) is 2.03. The normalized spacial score (nSPS) is 17.6. The Bertz CT molecular complexity index is 214. The maximum absolute atomic E-state index is 8.75. The van der Waals surface area contributed by atoms with Gasteiger partial charge in [0.2, 0.25) is 0 Å². The molecular weight excluding hydrogens is 156 g/mol. The highest BCUT2D eigenvalue weighted by Crippen LogP contribution is 2.21. The van der Waals surface area contributed by atoms with Gasteiger partial charge in [0.05, 0.1) is 12.1 Å². The van der Waals surface area contributed by atoms with E-state index in [1.807, 2.05) is 6.07 Å². The van der Waals surface area contributed by atoms with Crippen molar-refractivity contribution in [3.05, 3.63) is 0 Å². The van der Waals surface area contributed by atoms with Crippen LogP contribution in [0.1, 0.15) is 13.8 Å². The first-order valence-electron chi connectivity index (χ1n) is 3.70. The average Bonchev–Trinajstić information content (AvgIpc) is 2.03. The smallest absolute Gasteiger partial charge is 0.167 e. The van der Waals surface area contributed by atoms with Crippen LogP contribution in [0.4, 0.5) is 0 Å². The summed E-state index contributed by atoms with van der Waals surface area (Å²) in [6.07, 6.45) is -1.67. The number of hydrogen-bond acceptors (Lipinski definition) is 4. The van der Waals surface area contributed by atoms with Crippen LogP contribution in [0.25, 0.3) is 0 Å². The molecule has 0 aliphatic heterocycles. The lowest BCUT2D eigenvalue weighted by Gasteiger charge is -2.20. The van der Waals surface area contributed by atoms with Gasteiger partial charge in [0.1, 0.15) is 5.92 Å². The zero-order valence-corrected chi connectivity index (χ0v) is 7.10. The fraction of sp³-hybridized carbons (Fsp3) is 0.750. The van der Waals surface area contributed by atoms with Gasteiger partial charge in [-0.15, -0.1) is 0 Å². The summed E-state index contributed by atoms with van der Waals surface area (Å²) in [5.41, 5.74) is 0. The van der Waals surface area contributed by atoms with E-state index < -0.39 is 12.2 Å². The highest BCUT2D eigenvalue weighted by Gasteiger charge is 2.27. The topological polar surface area (TPSA) is 88.0 Å². The van der Waals surface area contributed by atoms with Crippen LogP contribution in [-0.4, -0.2) is 16.5 Å². The second-order valence-electron chi connectivity index (χ2n) is 2.85. The van der Waals surface area contributed by atoms with Crippen LogP contribution in [0.15, 0.2) is 0 Å². The average molecular weight is 168 g/mol. The largest absolute Gasteiger partial charge is 0.367 e. The monoisotopic (exact) mass is 168 g/mol. The maximum Gasteiger partial charge on any atom is 0.167 e. The molecular formula is C8H12N2O2. The molecule has 4 nitrogen and oxygen atoms in total. The second kappa shape index (κ2) is 4.71. The van der Waals surface area contributed by atoms with Crippen molar-refractivity contribution >= 4 is 0 Å². The van der Waals surface area contributed by atoms with E-state index in [1.165, 1.54) is 0 Å². The first-order chi connectivity index (χ1) is 5.54. The van der Waals surface area contributed by atoms with Crippen LogP contribution in [0.3, 0.4) is 0 Å². The van der Waals surface area contributed by atoms with E-state index in [0.29, 0.717) is 0 Å². The lowest BCUT2D eigenvalue weighted by atomic mass is 9.85. The van der Waals surface area contributed by atoms with Gasteiger partial charge in [-0.05, 0) is 12.8 Å². The summed E-state index contributed by atoms with van der Waals surface area (Å²) in [6, 6.07) is 3.73. The molecule has 0 aromatic rings. The second-order valence-corrected chi connectivity index (χ2v) is 2.85.